The van der Waals surface area contributed by atoms with Crippen LogP contribution in [0.2, 0.25) is 5.04 Å². The van der Waals surface area contributed by atoms with E-state index in [1.165, 1.54) is 7.11 Å². The number of benzene rings is 2. The standard InChI is InChI=1S/C26H34O6Si/c1-24(2,3)33(19-13-9-7-10-14-19,20-15-11-8-12-16-20)29-18-26(23(27)28-6)17-21-22(32-26)31-25(4,5)30-21/h7-16,21-22H,17-18H2,1-6H3/t21-,22+,26-/m1/s1. The average Bonchev–Trinajstić information content (AvgIpc) is 3.24. The number of carbonyl (C=O) groups excluding carboxylic acids is 1. The van der Waals surface area contributed by atoms with E-state index in [-0.39, 0.29) is 17.7 Å². The molecule has 0 aromatic heterocycles. The van der Waals surface area contributed by atoms with Crippen LogP contribution >= 0.6 is 0 Å². The van der Waals surface area contributed by atoms with E-state index >= 15 is 0 Å². The number of hydrogen-bond donors (Lipinski definition) is 0. The summed E-state index contributed by atoms with van der Waals surface area (Å²) in [5.74, 6) is -1.23. The van der Waals surface area contributed by atoms with Gasteiger partial charge in [-0.2, -0.15) is 0 Å². The molecular formula is C26H34O6Si. The minimum atomic E-state index is -2.86. The Kier molecular flexibility index (Phi) is 6.31. The summed E-state index contributed by atoms with van der Waals surface area (Å²) in [6.45, 7) is 10.3. The van der Waals surface area contributed by atoms with Crippen molar-refractivity contribution in [1.82, 2.24) is 0 Å². The summed E-state index contributed by atoms with van der Waals surface area (Å²) in [5.41, 5.74) is -1.30. The summed E-state index contributed by atoms with van der Waals surface area (Å²) >= 11 is 0. The van der Waals surface area contributed by atoms with Gasteiger partial charge in [0.25, 0.3) is 8.32 Å². The quantitative estimate of drug-likeness (QED) is 0.477. The van der Waals surface area contributed by atoms with Crippen molar-refractivity contribution < 1.29 is 28.2 Å². The van der Waals surface area contributed by atoms with Crippen LogP contribution in [-0.4, -0.2) is 51.8 Å². The molecule has 2 heterocycles. The summed E-state index contributed by atoms with van der Waals surface area (Å²) in [4.78, 5) is 13.0. The van der Waals surface area contributed by atoms with E-state index in [9.17, 15) is 4.79 Å². The normalized spacial score (nSPS) is 26.7. The Labute approximate surface area is 197 Å². The van der Waals surface area contributed by atoms with Crippen molar-refractivity contribution in [3.05, 3.63) is 60.7 Å². The molecule has 2 aliphatic heterocycles. The largest absolute Gasteiger partial charge is 0.467 e. The lowest BCUT2D eigenvalue weighted by Gasteiger charge is -2.44. The predicted octanol–water partition coefficient (Wildman–Crippen LogP) is 3.37. The molecule has 0 unspecified atom stereocenters. The molecule has 33 heavy (non-hydrogen) atoms. The molecule has 178 valence electrons. The van der Waals surface area contributed by atoms with Crippen LogP contribution in [0.5, 0.6) is 0 Å². The van der Waals surface area contributed by atoms with E-state index < -0.39 is 32.0 Å². The van der Waals surface area contributed by atoms with Crippen LogP contribution in [0, 0.1) is 0 Å². The zero-order valence-electron chi connectivity index (χ0n) is 20.3. The lowest BCUT2D eigenvalue weighted by molar-refractivity contribution is -0.234. The van der Waals surface area contributed by atoms with Crippen LogP contribution in [-0.2, 0) is 28.2 Å². The first kappa shape index (κ1) is 24.1. The molecule has 0 saturated carbocycles. The molecule has 6 nitrogen and oxygen atoms in total. The van der Waals surface area contributed by atoms with Crippen LogP contribution in [0.1, 0.15) is 41.0 Å². The molecule has 0 bridgehead atoms. The second kappa shape index (κ2) is 8.63. The van der Waals surface area contributed by atoms with Crippen molar-refractivity contribution in [3.63, 3.8) is 0 Å². The van der Waals surface area contributed by atoms with Gasteiger partial charge in [0, 0.05) is 6.42 Å². The van der Waals surface area contributed by atoms with E-state index in [0.717, 1.165) is 10.4 Å². The Hall–Kier alpha value is -2.03. The molecule has 2 aromatic rings. The lowest BCUT2D eigenvalue weighted by Crippen LogP contribution is -2.68. The maximum atomic E-state index is 13.0. The van der Waals surface area contributed by atoms with Crippen molar-refractivity contribution in [2.45, 2.75) is 69.9 Å². The van der Waals surface area contributed by atoms with E-state index in [1.54, 1.807) is 0 Å². The summed E-state index contributed by atoms with van der Waals surface area (Å²) in [5, 5.41) is 2.04. The van der Waals surface area contributed by atoms with Crippen molar-refractivity contribution in [2.24, 2.45) is 0 Å². The SMILES string of the molecule is COC(=O)[C@]1(CO[Si](c2ccccc2)(c2ccccc2)C(C)(C)C)C[C@H]2OC(C)(C)O[C@H]2O1. The van der Waals surface area contributed by atoms with Crippen molar-refractivity contribution in [3.8, 4) is 0 Å². The Bertz CT molecular complexity index is 914. The van der Waals surface area contributed by atoms with E-state index in [0.29, 0.717) is 6.42 Å². The Morgan fingerprint density at radius 1 is 0.970 bits per heavy atom. The molecule has 2 aromatic carbocycles. The molecule has 2 saturated heterocycles. The minimum absolute atomic E-state index is 0.0487. The van der Waals surface area contributed by atoms with Gasteiger partial charge in [-0.15, -0.1) is 0 Å². The molecule has 2 aliphatic rings. The Morgan fingerprint density at radius 3 is 1.97 bits per heavy atom. The monoisotopic (exact) mass is 470 g/mol. The van der Waals surface area contributed by atoms with Gasteiger partial charge >= 0.3 is 5.97 Å². The third-order valence-corrected chi connectivity index (χ3v) is 11.5. The first-order valence-corrected chi connectivity index (χ1v) is 13.3. The fourth-order valence-corrected chi connectivity index (χ4v) is 9.70. The molecule has 0 N–H and O–H groups in total. The summed E-state index contributed by atoms with van der Waals surface area (Å²) in [7, 11) is -1.49. The fraction of sp³-hybridized carbons (Fsp3) is 0.500. The zero-order valence-corrected chi connectivity index (χ0v) is 21.3. The highest BCUT2D eigenvalue weighted by Crippen LogP contribution is 2.44. The number of methoxy groups -OCH3 is 1. The number of carbonyl (C=O) groups is 1. The highest BCUT2D eigenvalue weighted by Gasteiger charge is 2.61. The molecule has 3 atom stereocenters. The van der Waals surface area contributed by atoms with Gasteiger partial charge in [-0.3, -0.25) is 0 Å². The highest BCUT2D eigenvalue weighted by molar-refractivity contribution is 6.99. The van der Waals surface area contributed by atoms with E-state index in [4.69, 9.17) is 23.4 Å². The van der Waals surface area contributed by atoms with E-state index in [2.05, 4.69) is 45.0 Å². The van der Waals surface area contributed by atoms with Crippen LogP contribution in [0.25, 0.3) is 0 Å². The molecular weight excluding hydrogens is 436 g/mol. The number of hydrogen-bond acceptors (Lipinski definition) is 6. The van der Waals surface area contributed by atoms with Gasteiger partial charge in [0.15, 0.2) is 17.7 Å². The van der Waals surface area contributed by atoms with Crippen LogP contribution in [0.3, 0.4) is 0 Å². The third kappa shape index (κ3) is 4.28. The molecule has 0 spiro atoms. The van der Waals surface area contributed by atoms with Crippen LogP contribution in [0.15, 0.2) is 60.7 Å². The maximum Gasteiger partial charge on any atom is 0.340 e. The molecule has 0 radical (unpaired) electrons. The van der Waals surface area contributed by atoms with E-state index in [1.807, 2.05) is 50.2 Å². The van der Waals surface area contributed by atoms with Crippen molar-refractivity contribution >= 4 is 24.7 Å². The Balaban J connectivity index is 1.74. The van der Waals surface area contributed by atoms with Crippen molar-refractivity contribution in [2.75, 3.05) is 13.7 Å². The minimum Gasteiger partial charge on any atom is -0.467 e. The number of esters is 1. The predicted molar refractivity (Wildman–Crippen MR) is 128 cm³/mol. The molecule has 4 rings (SSSR count). The topological polar surface area (TPSA) is 63.2 Å². The highest BCUT2D eigenvalue weighted by atomic mass is 28.4. The first-order chi connectivity index (χ1) is 15.5. The molecule has 0 amide bonds. The van der Waals surface area contributed by atoms with Gasteiger partial charge in [-0.1, -0.05) is 81.4 Å². The number of ether oxygens (including phenoxy) is 4. The first-order valence-electron chi connectivity index (χ1n) is 11.4. The van der Waals surface area contributed by atoms with Crippen molar-refractivity contribution in [1.29, 1.82) is 0 Å². The molecule has 0 aliphatic carbocycles. The number of rotatable bonds is 6. The second-order valence-corrected chi connectivity index (χ2v) is 14.6. The molecule has 7 heteroatoms. The second-order valence-electron chi connectivity index (χ2n) is 10.3. The Morgan fingerprint density at radius 2 is 1.52 bits per heavy atom. The van der Waals surface area contributed by atoms with Gasteiger partial charge in [0.2, 0.25) is 0 Å². The summed E-state index contributed by atoms with van der Waals surface area (Å²) < 4.78 is 30.3. The van der Waals surface area contributed by atoms with Crippen LogP contribution < -0.4 is 10.4 Å². The van der Waals surface area contributed by atoms with Gasteiger partial charge in [0.1, 0.15) is 6.10 Å². The van der Waals surface area contributed by atoms with Gasteiger partial charge in [-0.25, -0.2) is 4.79 Å². The summed E-state index contributed by atoms with van der Waals surface area (Å²) in [6, 6.07) is 20.6. The average molecular weight is 471 g/mol. The fourth-order valence-electron chi connectivity index (χ4n) is 5.09. The summed E-state index contributed by atoms with van der Waals surface area (Å²) in [6.07, 6.45) is -0.685. The molecule has 2 fully saturated rings. The van der Waals surface area contributed by atoms with Gasteiger partial charge in [-0.05, 0) is 29.3 Å². The third-order valence-electron chi connectivity index (χ3n) is 6.51. The van der Waals surface area contributed by atoms with Gasteiger partial charge in [0.05, 0.1) is 13.7 Å². The lowest BCUT2D eigenvalue weighted by atomic mass is 10.0. The smallest absolute Gasteiger partial charge is 0.340 e. The van der Waals surface area contributed by atoms with Gasteiger partial charge < -0.3 is 23.4 Å². The maximum absolute atomic E-state index is 13.0. The number of fused-ring (bicyclic) bond motifs is 1. The zero-order chi connectivity index (χ0) is 23.9. The van der Waals surface area contributed by atoms with Crippen LogP contribution in [0.4, 0.5) is 0 Å².